The van der Waals surface area contributed by atoms with Crippen molar-refractivity contribution in [2.45, 2.75) is 6.43 Å². The maximum Gasteiger partial charge on any atom is 0.354 e. The van der Waals surface area contributed by atoms with Crippen LogP contribution in [0.25, 0.3) is 0 Å². The normalized spacial score (nSPS) is 10.2. The van der Waals surface area contributed by atoms with Gasteiger partial charge in [0.1, 0.15) is 12.4 Å². The summed E-state index contributed by atoms with van der Waals surface area (Å²) in [5.74, 6) is -1.16. The molecule has 4 nitrogen and oxygen atoms in total. The Balaban J connectivity index is 2.69. The lowest BCUT2D eigenvalue weighted by Crippen LogP contribution is -2.08. The molecule has 1 N–H and O–H groups in total. The third kappa shape index (κ3) is 2.96. The molecular weight excluding hydrogens is 196 g/mol. The van der Waals surface area contributed by atoms with Crippen molar-refractivity contribution in [2.75, 3.05) is 6.61 Å². The van der Waals surface area contributed by atoms with Gasteiger partial charge in [-0.25, -0.2) is 18.6 Å². The van der Waals surface area contributed by atoms with Gasteiger partial charge in [0, 0.05) is 12.3 Å². The summed E-state index contributed by atoms with van der Waals surface area (Å²) < 4.78 is 28.1. The third-order valence-corrected chi connectivity index (χ3v) is 1.33. The van der Waals surface area contributed by atoms with Crippen LogP contribution < -0.4 is 4.74 Å². The number of ether oxygens (including phenoxy) is 1. The number of nitrogens with zero attached hydrogens (tertiary/aromatic N) is 1. The molecule has 0 aliphatic rings. The van der Waals surface area contributed by atoms with Gasteiger partial charge in [-0.1, -0.05) is 0 Å². The van der Waals surface area contributed by atoms with E-state index in [0.29, 0.717) is 0 Å². The molecule has 0 fully saturated rings. The zero-order valence-electron chi connectivity index (χ0n) is 6.98. The van der Waals surface area contributed by atoms with E-state index in [1.807, 2.05) is 0 Å². The van der Waals surface area contributed by atoms with Gasteiger partial charge in [-0.2, -0.15) is 0 Å². The van der Waals surface area contributed by atoms with Crippen molar-refractivity contribution in [3.05, 3.63) is 24.0 Å². The van der Waals surface area contributed by atoms with Gasteiger partial charge in [-0.3, -0.25) is 0 Å². The topological polar surface area (TPSA) is 59.4 Å². The highest BCUT2D eigenvalue weighted by Gasteiger charge is 2.07. The molecule has 1 aromatic heterocycles. The zero-order valence-corrected chi connectivity index (χ0v) is 6.98. The van der Waals surface area contributed by atoms with Gasteiger partial charge >= 0.3 is 5.97 Å². The first-order valence-electron chi connectivity index (χ1n) is 3.70. The third-order valence-electron chi connectivity index (χ3n) is 1.33. The summed E-state index contributed by atoms with van der Waals surface area (Å²) in [6, 6.07) is 2.40. The van der Waals surface area contributed by atoms with Gasteiger partial charge in [0.05, 0.1) is 0 Å². The second kappa shape index (κ2) is 4.50. The number of carbonyl (C=O) groups is 1. The molecule has 0 saturated heterocycles. The summed E-state index contributed by atoms with van der Waals surface area (Å²) in [7, 11) is 0. The van der Waals surface area contributed by atoms with Crippen LogP contribution in [0.4, 0.5) is 8.78 Å². The van der Waals surface area contributed by atoms with Gasteiger partial charge in [-0.15, -0.1) is 0 Å². The summed E-state index contributed by atoms with van der Waals surface area (Å²) in [5.41, 5.74) is -0.239. The molecule has 0 aliphatic carbocycles. The highest BCUT2D eigenvalue weighted by molar-refractivity contribution is 5.85. The SMILES string of the molecule is O=C(O)c1cc(OCC(F)F)ccn1. The number of carboxylic acid groups (broad SMARTS) is 1. The lowest BCUT2D eigenvalue weighted by Gasteiger charge is -2.04. The maximum absolute atomic E-state index is 11.7. The standard InChI is InChI=1S/C8H7F2NO3/c9-7(10)4-14-5-1-2-11-6(3-5)8(12)13/h1-3,7H,4H2,(H,12,13). The Morgan fingerprint density at radius 2 is 2.36 bits per heavy atom. The van der Waals surface area contributed by atoms with E-state index in [-0.39, 0.29) is 11.4 Å². The Kier molecular flexibility index (Phi) is 3.33. The van der Waals surface area contributed by atoms with Crippen molar-refractivity contribution in [3.63, 3.8) is 0 Å². The molecule has 0 radical (unpaired) electrons. The molecule has 76 valence electrons. The van der Waals surface area contributed by atoms with Crippen LogP contribution in [-0.4, -0.2) is 29.1 Å². The molecule has 6 heteroatoms. The second-order valence-corrected chi connectivity index (χ2v) is 2.38. The van der Waals surface area contributed by atoms with Crippen molar-refractivity contribution in [2.24, 2.45) is 0 Å². The quantitative estimate of drug-likeness (QED) is 0.803. The minimum Gasteiger partial charge on any atom is -0.487 e. The van der Waals surface area contributed by atoms with Crippen LogP contribution in [0.2, 0.25) is 0 Å². The van der Waals surface area contributed by atoms with Gasteiger partial charge < -0.3 is 9.84 Å². The molecule has 0 spiro atoms. The van der Waals surface area contributed by atoms with Crippen LogP contribution in [0.5, 0.6) is 5.75 Å². The van der Waals surface area contributed by atoms with Gasteiger partial charge in [0.25, 0.3) is 6.43 Å². The number of halogens is 2. The van der Waals surface area contributed by atoms with Gasteiger partial charge in [0.2, 0.25) is 0 Å². The summed E-state index contributed by atoms with van der Waals surface area (Å²) in [4.78, 5) is 13.9. The number of hydrogen-bond donors (Lipinski definition) is 1. The molecular formula is C8H7F2NO3. The largest absolute Gasteiger partial charge is 0.487 e. The number of alkyl halides is 2. The maximum atomic E-state index is 11.7. The molecule has 0 bridgehead atoms. The van der Waals surface area contributed by atoms with Crippen molar-refractivity contribution < 1.29 is 23.4 Å². The Labute approximate surface area is 78.1 Å². The number of hydrogen-bond acceptors (Lipinski definition) is 3. The number of pyridine rings is 1. The predicted octanol–water partition coefficient (Wildman–Crippen LogP) is 1.42. The molecule has 0 unspecified atom stereocenters. The van der Waals surface area contributed by atoms with Crippen molar-refractivity contribution in [3.8, 4) is 5.75 Å². The first kappa shape index (κ1) is 10.4. The first-order chi connectivity index (χ1) is 6.59. The summed E-state index contributed by atoms with van der Waals surface area (Å²) >= 11 is 0. The molecule has 1 heterocycles. The van der Waals surface area contributed by atoms with Crippen LogP contribution in [0.3, 0.4) is 0 Å². The van der Waals surface area contributed by atoms with E-state index in [9.17, 15) is 13.6 Å². The lowest BCUT2D eigenvalue weighted by molar-refractivity contribution is 0.0688. The fourth-order valence-corrected chi connectivity index (χ4v) is 0.777. The van der Waals surface area contributed by atoms with Crippen molar-refractivity contribution in [1.29, 1.82) is 0 Å². The molecule has 0 aromatic carbocycles. The minimum atomic E-state index is -2.59. The molecule has 14 heavy (non-hydrogen) atoms. The minimum absolute atomic E-state index is 0.0673. The average molecular weight is 203 g/mol. The fourth-order valence-electron chi connectivity index (χ4n) is 0.777. The average Bonchev–Trinajstić information content (AvgIpc) is 2.15. The van der Waals surface area contributed by atoms with Crippen molar-refractivity contribution >= 4 is 5.97 Å². The highest BCUT2D eigenvalue weighted by Crippen LogP contribution is 2.11. The van der Waals surface area contributed by atoms with E-state index in [1.165, 1.54) is 12.3 Å². The second-order valence-electron chi connectivity index (χ2n) is 2.38. The molecule has 0 saturated carbocycles. The van der Waals surface area contributed by atoms with Crippen LogP contribution >= 0.6 is 0 Å². The smallest absolute Gasteiger partial charge is 0.354 e. The van der Waals surface area contributed by atoms with E-state index >= 15 is 0 Å². The first-order valence-corrected chi connectivity index (χ1v) is 3.70. The Hall–Kier alpha value is -1.72. The number of rotatable bonds is 4. The van der Waals surface area contributed by atoms with Crippen LogP contribution in [0.1, 0.15) is 10.5 Å². The van der Waals surface area contributed by atoms with Crippen LogP contribution in [-0.2, 0) is 0 Å². The number of aromatic nitrogens is 1. The van der Waals surface area contributed by atoms with Gasteiger partial charge in [-0.05, 0) is 6.07 Å². The van der Waals surface area contributed by atoms with Gasteiger partial charge in [0.15, 0.2) is 5.69 Å². The predicted molar refractivity (Wildman–Crippen MR) is 42.7 cm³/mol. The Morgan fingerprint density at radius 1 is 1.64 bits per heavy atom. The highest BCUT2D eigenvalue weighted by atomic mass is 19.3. The van der Waals surface area contributed by atoms with Crippen LogP contribution in [0.15, 0.2) is 18.3 Å². The number of aromatic carboxylic acids is 1. The van der Waals surface area contributed by atoms with E-state index in [4.69, 9.17) is 5.11 Å². The Bertz CT molecular complexity index is 330. The summed E-state index contributed by atoms with van der Waals surface area (Å²) in [6.07, 6.45) is -1.40. The summed E-state index contributed by atoms with van der Waals surface area (Å²) in [5, 5.41) is 8.52. The molecule has 0 atom stereocenters. The lowest BCUT2D eigenvalue weighted by atomic mass is 10.3. The zero-order chi connectivity index (χ0) is 10.6. The van der Waals surface area contributed by atoms with E-state index in [2.05, 4.69) is 9.72 Å². The molecule has 1 aromatic rings. The fraction of sp³-hybridized carbons (Fsp3) is 0.250. The Morgan fingerprint density at radius 3 is 2.93 bits per heavy atom. The number of carboxylic acids is 1. The van der Waals surface area contributed by atoms with Crippen molar-refractivity contribution in [1.82, 2.24) is 4.98 Å². The van der Waals surface area contributed by atoms with E-state index in [0.717, 1.165) is 6.07 Å². The molecule has 1 rings (SSSR count). The summed E-state index contributed by atoms with van der Waals surface area (Å²) in [6.45, 7) is -0.761. The van der Waals surface area contributed by atoms with E-state index in [1.54, 1.807) is 0 Å². The van der Waals surface area contributed by atoms with Crippen LogP contribution in [0, 0.1) is 0 Å². The molecule has 0 aliphatic heterocycles. The van der Waals surface area contributed by atoms with E-state index < -0.39 is 19.0 Å². The monoisotopic (exact) mass is 203 g/mol. The molecule has 0 amide bonds.